The Morgan fingerprint density at radius 3 is 2.21 bits per heavy atom. The van der Waals surface area contributed by atoms with Crippen molar-refractivity contribution in [3.8, 4) is 17.0 Å². The molecule has 4 aromatic rings. The van der Waals surface area contributed by atoms with Crippen LogP contribution in [0.5, 0.6) is 5.75 Å². The van der Waals surface area contributed by atoms with Gasteiger partial charge in [0.1, 0.15) is 24.7 Å². The largest absolute Gasteiger partial charge is 0.508 e. The van der Waals surface area contributed by atoms with Crippen LogP contribution in [0.3, 0.4) is 0 Å². The third kappa shape index (κ3) is 13.2. The summed E-state index contributed by atoms with van der Waals surface area (Å²) in [5, 5.41) is 36.3. The van der Waals surface area contributed by atoms with Gasteiger partial charge < -0.3 is 30.9 Å². The molecule has 1 aromatic heterocycles. The third-order valence-electron chi connectivity index (χ3n) is 6.73. The number of benzene rings is 3. The molecule has 0 aliphatic rings. The average molecular weight is 740 g/mol. The summed E-state index contributed by atoms with van der Waals surface area (Å²) >= 11 is 0. The van der Waals surface area contributed by atoms with Gasteiger partial charge in [0.05, 0.1) is 11.9 Å². The molecule has 0 bridgehead atoms. The number of carboxylic acids is 1. The normalized spacial score (nSPS) is 10.7. The number of halogens is 3. The number of hydrogen-bond acceptors (Lipinski definition) is 10. The van der Waals surface area contributed by atoms with Crippen molar-refractivity contribution < 1.29 is 47.3 Å². The van der Waals surface area contributed by atoms with E-state index in [1.165, 1.54) is 29.8 Å². The molecule has 4 rings (SSSR count). The van der Waals surface area contributed by atoms with Gasteiger partial charge in [0.2, 0.25) is 11.8 Å². The quantitative estimate of drug-likeness (QED) is 0.0836. The summed E-state index contributed by atoms with van der Waals surface area (Å²) in [4.78, 5) is 63.3. The predicted octanol–water partition coefficient (Wildman–Crippen LogP) is 4.60. The van der Waals surface area contributed by atoms with Crippen molar-refractivity contribution in [3.05, 3.63) is 106 Å². The highest BCUT2D eigenvalue weighted by molar-refractivity contribution is 6.04. The van der Waals surface area contributed by atoms with Gasteiger partial charge in [-0.15, -0.1) is 0 Å². The molecule has 18 heteroatoms. The standard InChI is InChI=1S/C33H35N7O6.C2HF3O2/c1-20(2)37-31-32(44)40(28(17-36-31)25-13-26(38-21(3)41)15-27(42)14-25)18-29(43)35-16-22-9-11-24(12-10-22)30(34)39-33(45)46-19-23-7-5-4-6-8-23;3-2(4,5)1(6)7/h4-15,17,20,42H,16,18-19H2,1-3H3,(H,35,43)(H,36,37)(H,38,41)(H2,34,39,45);(H,6,7). The number of nitrogens with zero attached hydrogens (tertiary/aromatic N) is 2. The topological polar surface area (TPSA) is 225 Å². The van der Waals surface area contributed by atoms with Crippen LogP contribution in [0, 0.1) is 5.41 Å². The van der Waals surface area contributed by atoms with Crippen molar-refractivity contribution in [1.82, 2.24) is 20.2 Å². The van der Waals surface area contributed by atoms with Gasteiger partial charge >= 0.3 is 18.2 Å². The second-order valence-corrected chi connectivity index (χ2v) is 11.5. The lowest BCUT2D eigenvalue weighted by molar-refractivity contribution is -0.192. The van der Waals surface area contributed by atoms with Crippen LogP contribution < -0.4 is 26.8 Å². The second-order valence-electron chi connectivity index (χ2n) is 11.5. The Morgan fingerprint density at radius 1 is 0.981 bits per heavy atom. The fourth-order valence-electron chi connectivity index (χ4n) is 4.40. The number of phenols is 1. The molecule has 3 aromatic carbocycles. The third-order valence-corrected chi connectivity index (χ3v) is 6.73. The van der Waals surface area contributed by atoms with Crippen molar-refractivity contribution in [2.24, 2.45) is 0 Å². The van der Waals surface area contributed by atoms with Gasteiger partial charge in [-0.05, 0) is 37.1 Å². The summed E-state index contributed by atoms with van der Waals surface area (Å²) in [5.41, 5.74) is 2.38. The van der Waals surface area contributed by atoms with E-state index in [1.807, 2.05) is 44.2 Å². The molecule has 1 heterocycles. The van der Waals surface area contributed by atoms with Gasteiger partial charge in [-0.25, -0.2) is 14.6 Å². The van der Waals surface area contributed by atoms with E-state index in [9.17, 15) is 37.5 Å². The molecule has 15 nitrogen and oxygen atoms in total. The fourth-order valence-corrected chi connectivity index (χ4v) is 4.40. The first-order valence-electron chi connectivity index (χ1n) is 15.6. The van der Waals surface area contributed by atoms with Gasteiger partial charge in [0, 0.05) is 42.4 Å². The Bertz CT molecular complexity index is 2000. The lowest BCUT2D eigenvalue weighted by Gasteiger charge is -2.17. The van der Waals surface area contributed by atoms with E-state index in [2.05, 4.69) is 26.3 Å². The van der Waals surface area contributed by atoms with Crippen molar-refractivity contribution in [1.29, 1.82) is 5.41 Å². The van der Waals surface area contributed by atoms with E-state index in [4.69, 9.17) is 20.0 Å². The zero-order valence-electron chi connectivity index (χ0n) is 28.6. The number of amidine groups is 1. The van der Waals surface area contributed by atoms with E-state index in [-0.39, 0.29) is 54.7 Å². The number of hydrogen-bond donors (Lipinski definition) is 7. The molecular weight excluding hydrogens is 703 g/mol. The number of carboxylic acid groups (broad SMARTS) is 1. The highest BCUT2D eigenvalue weighted by Gasteiger charge is 2.38. The monoisotopic (exact) mass is 739 g/mol. The van der Waals surface area contributed by atoms with Gasteiger partial charge in [-0.1, -0.05) is 54.6 Å². The van der Waals surface area contributed by atoms with Crippen LogP contribution in [0.4, 0.5) is 29.5 Å². The summed E-state index contributed by atoms with van der Waals surface area (Å²) in [6.45, 7) is 4.88. The second kappa shape index (κ2) is 18.5. The number of phenolic OH excluding ortho intramolecular Hbond substituents is 1. The molecule has 0 unspecified atom stereocenters. The first-order valence-corrected chi connectivity index (χ1v) is 15.6. The molecular formula is C35H36F3N7O8. The molecule has 280 valence electrons. The molecule has 0 aliphatic carbocycles. The first kappa shape index (κ1) is 40.7. The van der Waals surface area contributed by atoms with E-state index in [0.717, 1.165) is 5.56 Å². The zero-order chi connectivity index (χ0) is 39.3. The minimum absolute atomic E-state index is 0.0596. The number of carbonyl (C=O) groups is 4. The predicted molar refractivity (Wildman–Crippen MR) is 187 cm³/mol. The number of aliphatic carboxylic acids is 1. The van der Waals surface area contributed by atoms with Crippen LogP contribution in [0.15, 0.2) is 83.8 Å². The Kier molecular flexibility index (Phi) is 14.2. The Hall–Kier alpha value is -6.72. The molecule has 0 atom stereocenters. The summed E-state index contributed by atoms with van der Waals surface area (Å²) in [5.74, 6) is -3.79. The maximum Gasteiger partial charge on any atom is 0.490 e. The van der Waals surface area contributed by atoms with Crippen LogP contribution in [0.25, 0.3) is 11.3 Å². The molecule has 53 heavy (non-hydrogen) atoms. The highest BCUT2D eigenvalue weighted by Crippen LogP contribution is 2.28. The molecule has 3 amide bonds. The number of nitrogens with one attached hydrogen (secondary N) is 5. The Labute approximate surface area is 300 Å². The van der Waals surface area contributed by atoms with E-state index in [1.54, 1.807) is 30.3 Å². The molecule has 0 fully saturated rings. The minimum Gasteiger partial charge on any atom is -0.508 e. The summed E-state index contributed by atoms with van der Waals surface area (Å²) in [6.07, 6.45) is -4.41. The Morgan fingerprint density at radius 2 is 1.62 bits per heavy atom. The van der Waals surface area contributed by atoms with Gasteiger partial charge in [0.25, 0.3) is 5.56 Å². The lowest BCUT2D eigenvalue weighted by Crippen LogP contribution is -2.35. The van der Waals surface area contributed by atoms with Gasteiger partial charge in [-0.3, -0.25) is 29.7 Å². The van der Waals surface area contributed by atoms with E-state index < -0.39 is 29.7 Å². The Balaban J connectivity index is 0.000000980. The molecule has 0 radical (unpaired) electrons. The van der Waals surface area contributed by atoms with Gasteiger partial charge in [-0.2, -0.15) is 13.2 Å². The van der Waals surface area contributed by atoms with E-state index >= 15 is 0 Å². The number of aromatic hydroxyl groups is 1. The molecule has 0 saturated carbocycles. The minimum atomic E-state index is -5.08. The summed E-state index contributed by atoms with van der Waals surface area (Å²) < 4.78 is 38.1. The molecule has 0 spiro atoms. The number of anilines is 2. The molecule has 7 N–H and O–H groups in total. The van der Waals surface area contributed by atoms with Crippen LogP contribution in [0.2, 0.25) is 0 Å². The van der Waals surface area contributed by atoms with E-state index in [0.29, 0.717) is 22.4 Å². The van der Waals surface area contributed by atoms with Crippen molar-refractivity contribution in [2.75, 3.05) is 10.6 Å². The zero-order valence-corrected chi connectivity index (χ0v) is 28.6. The number of alkyl halides is 3. The van der Waals surface area contributed by atoms with Crippen molar-refractivity contribution >= 4 is 41.2 Å². The number of amides is 3. The van der Waals surface area contributed by atoms with Crippen LogP contribution in [-0.4, -0.2) is 61.7 Å². The smallest absolute Gasteiger partial charge is 0.490 e. The average Bonchev–Trinajstić information content (AvgIpc) is 3.08. The van der Waals surface area contributed by atoms with Crippen LogP contribution >= 0.6 is 0 Å². The number of carbonyl (C=O) groups excluding carboxylic acids is 3. The SMILES string of the molecule is CC(=O)Nc1cc(O)cc(-c2cnc(NC(C)C)c(=O)n2CC(=O)NCc2ccc(C(=N)NC(=O)OCc3ccccc3)cc2)c1.O=C(O)C(F)(F)F. The van der Waals surface area contributed by atoms with Crippen molar-refractivity contribution in [2.45, 2.75) is 52.7 Å². The van der Waals surface area contributed by atoms with Gasteiger partial charge in [0.15, 0.2) is 5.82 Å². The lowest BCUT2D eigenvalue weighted by atomic mass is 10.1. The summed E-state index contributed by atoms with van der Waals surface area (Å²) in [6, 6.07) is 20.1. The van der Waals surface area contributed by atoms with Crippen LogP contribution in [-0.2, 0) is 38.8 Å². The summed E-state index contributed by atoms with van der Waals surface area (Å²) in [7, 11) is 0. The number of rotatable bonds is 11. The van der Waals surface area contributed by atoms with Crippen LogP contribution in [0.1, 0.15) is 37.5 Å². The van der Waals surface area contributed by atoms with Crippen molar-refractivity contribution in [3.63, 3.8) is 0 Å². The number of ether oxygens (including phenoxy) is 1. The first-order chi connectivity index (χ1) is 24.9. The highest BCUT2D eigenvalue weighted by atomic mass is 19.4. The number of alkyl carbamates (subject to hydrolysis) is 1. The molecule has 0 aliphatic heterocycles. The maximum absolute atomic E-state index is 13.4. The molecule has 0 saturated heterocycles. The maximum atomic E-state index is 13.4. The number of aromatic nitrogens is 2. The fraction of sp³-hybridized carbons (Fsp3) is 0.229.